The first-order valence-corrected chi connectivity index (χ1v) is 11.0. The normalized spacial score (nSPS) is 11.5. The number of halogens is 2. The van der Waals surface area contributed by atoms with E-state index in [-0.39, 0.29) is 10.5 Å². The average Bonchev–Trinajstić information content (AvgIpc) is 2.74. The van der Waals surface area contributed by atoms with Crippen LogP contribution in [0.15, 0.2) is 82.8 Å². The van der Waals surface area contributed by atoms with Crippen LogP contribution in [0, 0.1) is 12.7 Å². The summed E-state index contributed by atoms with van der Waals surface area (Å²) in [5, 5.41) is 4.12. The van der Waals surface area contributed by atoms with Crippen molar-refractivity contribution < 1.29 is 17.6 Å². The van der Waals surface area contributed by atoms with Crippen molar-refractivity contribution in [2.45, 2.75) is 11.8 Å². The summed E-state index contributed by atoms with van der Waals surface area (Å²) in [6, 6.07) is 18.3. The summed E-state index contributed by atoms with van der Waals surface area (Å²) >= 11 is 5.86. The number of sulfonamides is 1. The predicted octanol–water partition coefficient (Wildman–Crippen LogP) is 4.13. The van der Waals surface area contributed by atoms with Gasteiger partial charge in [-0.05, 0) is 49.4 Å². The second-order valence-corrected chi connectivity index (χ2v) is 8.91. The topological polar surface area (TPSA) is 78.8 Å². The molecule has 0 fully saturated rings. The van der Waals surface area contributed by atoms with Crippen LogP contribution in [-0.4, -0.2) is 27.1 Å². The van der Waals surface area contributed by atoms with Gasteiger partial charge < -0.3 is 0 Å². The number of hydrogen-bond acceptors (Lipinski definition) is 4. The Morgan fingerprint density at radius 2 is 1.71 bits per heavy atom. The van der Waals surface area contributed by atoms with Crippen molar-refractivity contribution in [1.29, 1.82) is 0 Å². The molecule has 9 heteroatoms. The fourth-order valence-electron chi connectivity index (χ4n) is 2.68. The van der Waals surface area contributed by atoms with Gasteiger partial charge in [0.05, 0.1) is 16.8 Å². The van der Waals surface area contributed by atoms with Crippen LogP contribution in [-0.2, 0) is 14.8 Å². The number of nitrogens with one attached hydrogen (secondary N) is 1. The van der Waals surface area contributed by atoms with Gasteiger partial charge in [-0.25, -0.2) is 18.2 Å². The number of carbonyl (C=O) groups excluding carboxylic acids is 1. The van der Waals surface area contributed by atoms with Gasteiger partial charge in [0.1, 0.15) is 12.4 Å². The van der Waals surface area contributed by atoms with Crippen molar-refractivity contribution in [2.75, 3.05) is 10.8 Å². The van der Waals surface area contributed by atoms with Crippen LogP contribution in [0.4, 0.5) is 10.1 Å². The molecule has 0 spiro atoms. The highest BCUT2D eigenvalue weighted by atomic mass is 35.5. The number of anilines is 1. The molecule has 0 aliphatic carbocycles. The van der Waals surface area contributed by atoms with E-state index in [9.17, 15) is 17.6 Å². The average molecular weight is 460 g/mol. The van der Waals surface area contributed by atoms with Crippen molar-refractivity contribution in [3.05, 3.63) is 94.8 Å². The molecule has 0 heterocycles. The molecule has 0 unspecified atom stereocenters. The van der Waals surface area contributed by atoms with Gasteiger partial charge in [0, 0.05) is 10.6 Å². The number of carbonyl (C=O) groups is 1. The number of benzene rings is 3. The number of hydrogen-bond donors (Lipinski definition) is 1. The zero-order valence-corrected chi connectivity index (χ0v) is 18.1. The molecule has 3 aromatic rings. The van der Waals surface area contributed by atoms with Crippen LogP contribution in [0.25, 0.3) is 0 Å². The first-order chi connectivity index (χ1) is 14.8. The quantitative estimate of drug-likeness (QED) is 0.426. The summed E-state index contributed by atoms with van der Waals surface area (Å²) < 4.78 is 41.1. The van der Waals surface area contributed by atoms with Gasteiger partial charge in [-0.3, -0.25) is 9.10 Å². The lowest BCUT2D eigenvalue weighted by molar-refractivity contribution is -0.119. The van der Waals surface area contributed by atoms with Crippen molar-refractivity contribution in [1.82, 2.24) is 5.43 Å². The van der Waals surface area contributed by atoms with E-state index in [1.807, 2.05) is 6.92 Å². The van der Waals surface area contributed by atoms with Crippen LogP contribution >= 0.6 is 11.6 Å². The molecule has 0 aliphatic heterocycles. The lowest BCUT2D eigenvalue weighted by Gasteiger charge is -2.23. The van der Waals surface area contributed by atoms with Crippen LogP contribution < -0.4 is 9.73 Å². The van der Waals surface area contributed by atoms with E-state index in [2.05, 4.69) is 10.5 Å². The Kier molecular flexibility index (Phi) is 7.04. The molecule has 0 saturated heterocycles. The summed E-state index contributed by atoms with van der Waals surface area (Å²) in [6.45, 7) is 1.34. The van der Waals surface area contributed by atoms with Crippen LogP contribution in [0.5, 0.6) is 0 Å². The number of hydrazone groups is 1. The second kappa shape index (κ2) is 9.72. The predicted molar refractivity (Wildman–Crippen MR) is 119 cm³/mol. The Morgan fingerprint density at radius 3 is 2.35 bits per heavy atom. The Hall–Kier alpha value is -3.23. The highest BCUT2D eigenvalue weighted by molar-refractivity contribution is 7.92. The molecule has 0 aliphatic rings. The maximum atomic E-state index is 13.6. The first kappa shape index (κ1) is 22.5. The van der Waals surface area contributed by atoms with E-state index >= 15 is 0 Å². The molecule has 160 valence electrons. The third-order valence-electron chi connectivity index (χ3n) is 4.31. The van der Waals surface area contributed by atoms with E-state index in [1.54, 1.807) is 30.3 Å². The van der Waals surface area contributed by atoms with Gasteiger partial charge in [-0.15, -0.1) is 0 Å². The minimum atomic E-state index is -4.06. The lowest BCUT2D eigenvalue weighted by Crippen LogP contribution is -2.39. The van der Waals surface area contributed by atoms with Crippen molar-refractivity contribution >= 4 is 39.4 Å². The molecular formula is C22H19ClFN3O3S. The fourth-order valence-corrected chi connectivity index (χ4v) is 4.23. The number of amides is 1. The molecule has 1 N–H and O–H groups in total. The van der Waals surface area contributed by atoms with Gasteiger partial charge in [-0.2, -0.15) is 5.10 Å². The van der Waals surface area contributed by atoms with Gasteiger partial charge >= 0.3 is 0 Å². The van der Waals surface area contributed by atoms with Gasteiger partial charge in [0.15, 0.2) is 0 Å². The summed E-state index contributed by atoms with van der Waals surface area (Å²) in [5.41, 5.74) is 3.68. The zero-order chi connectivity index (χ0) is 22.4. The molecule has 3 aromatic carbocycles. The summed E-state index contributed by atoms with van der Waals surface area (Å²) in [5.74, 6) is -1.18. The summed E-state index contributed by atoms with van der Waals surface area (Å²) in [4.78, 5) is 12.4. The first-order valence-electron chi connectivity index (χ1n) is 9.19. The van der Waals surface area contributed by atoms with Crippen molar-refractivity contribution in [2.24, 2.45) is 5.10 Å². The van der Waals surface area contributed by atoms with E-state index < -0.39 is 28.3 Å². The Balaban J connectivity index is 1.84. The van der Waals surface area contributed by atoms with E-state index in [1.165, 1.54) is 42.5 Å². The third kappa shape index (κ3) is 5.68. The molecule has 0 radical (unpaired) electrons. The van der Waals surface area contributed by atoms with E-state index in [0.29, 0.717) is 10.7 Å². The third-order valence-corrected chi connectivity index (χ3v) is 6.35. The summed E-state index contributed by atoms with van der Waals surface area (Å²) in [7, 11) is -4.06. The molecule has 0 atom stereocenters. The molecule has 31 heavy (non-hydrogen) atoms. The second-order valence-electron chi connectivity index (χ2n) is 6.62. The number of aryl methyl sites for hydroxylation is 1. The Bertz CT molecular complexity index is 1200. The standard InChI is InChI=1S/C22H19ClFN3O3S/c1-16-6-10-19(11-7-16)27(31(29,30)20-12-8-18(23)9-13-20)15-22(28)26-25-14-17-4-2-3-5-21(17)24/h2-14H,15H2,1H3,(H,26,28)/b25-14-. The largest absolute Gasteiger partial charge is 0.271 e. The van der Waals surface area contributed by atoms with Gasteiger partial charge in [-0.1, -0.05) is 47.5 Å². The molecule has 0 aromatic heterocycles. The molecular weight excluding hydrogens is 441 g/mol. The minimum absolute atomic E-state index is 0.0138. The molecule has 1 amide bonds. The maximum absolute atomic E-state index is 13.6. The van der Waals surface area contributed by atoms with Crippen molar-refractivity contribution in [3.8, 4) is 0 Å². The zero-order valence-electron chi connectivity index (χ0n) is 16.5. The smallest absolute Gasteiger partial charge is 0.264 e. The van der Waals surface area contributed by atoms with E-state index in [0.717, 1.165) is 16.1 Å². The van der Waals surface area contributed by atoms with Crippen LogP contribution in [0.1, 0.15) is 11.1 Å². The van der Waals surface area contributed by atoms with Crippen LogP contribution in [0.2, 0.25) is 5.02 Å². The molecule has 3 rings (SSSR count). The Labute approximate surface area is 185 Å². The maximum Gasteiger partial charge on any atom is 0.264 e. The lowest BCUT2D eigenvalue weighted by atomic mass is 10.2. The Morgan fingerprint density at radius 1 is 1.06 bits per heavy atom. The fraction of sp³-hybridized carbons (Fsp3) is 0.0909. The van der Waals surface area contributed by atoms with E-state index in [4.69, 9.17) is 11.6 Å². The summed E-state index contributed by atoms with van der Waals surface area (Å²) in [6.07, 6.45) is 1.15. The molecule has 6 nitrogen and oxygen atoms in total. The van der Waals surface area contributed by atoms with Gasteiger partial charge in [0.25, 0.3) is 15.9 Å². The minimum Gasteiger partial charge on any atom is -0.271 e. The highest BCUT2D eigenvalue weighted by Gasteiger charge is 2.27. The van der Waals surface area contributed by atoms with Gasteiger partial charge in [0.2, 0.25) is 0 Å². The number of rotatable bonds is 7. The molecule has 0 bridgehead atoms. The molecule has 0 saturated carbocycles. The van der Waals surface area contributed by atoms with Crippen LogP contribution in [0.3, 0.4) is 0 Å². The highest BCUT2D eigenvalue weighted by Crippen LogP contribution is 2.25. The number of nitrogens with zero attached hydrogens (tertiary/aromatic N) is 2. The SMILES string of the molecule is Cc1ccc(N(CC(=O)N/N=C\c2ccccc2F)S(=O)(=O)c2ccc(Cl)cc2)cc1. The monoisotopic (exact) mass is 459 g/mol. The van der Waals surface area contributed by atoms with Crippen molar-refractivity contribution in [3.63, 3.8) is 0 Å².